The Morgan fingerprint density at radius 2 is 2.12 bits per heavy atom. The number of aromatic nitrogens is 3. The first-order valence-corrected chi connectivity index (χ1v) is 8.08. The van der Waals surface area contributed by atoms with Crippen LogP contribution in [0.3, 0.4) is 0 Å². The lowest BCUT2D eigenvalue weighted by Gasteiger charge is -2.23. The molecule has 0 aliphatic rings. The zero-order valence-electron chi connectivity index (χ0n) is 14.4. The van der Waals surface area contributed by atoms with Crippen LogP contribution in [0.25, 0.3) is 11.2 Å². The summed E-state index contributed by atoms with van der Waals surface area (Å²) in [6, 6.07) is 5.33. The van der Waals surface area contributed by atoms with Crippen molar-refractivity contribution in [3.05, 3.63) is 48.3 Å². The fourth-order valence-electron chi connectivity index (χ4n) is 2.69. The van der Waals surface area contributed by atoms with Crippen LogP contribution in [0.5, 0.6) is 0 Å². The topological polar surface area (TPSA) is 64.2 Å². The maximum atomic E-state index is 12.7. The summed E-state index contributed by atoms with van der Waals surface area (Å²) < 4.78 is 7.41. The monoisotopic (exact) mass is 326 g/mol. The van der Waals surface area contributed by atoms with Gasteiger partial charge in [0.05, 0.1) is 24.2 Å². The molecule has 3 aromatic heterocycles. The van der Waals surface area contributed by atoms with E-state index in [4.69, 9.17) is 4.42 Å². The Morgan fingerprint density at radius 1 is 1.33 bits per heavy atom. The van der Waals surface area contributed by atoms with E-state index in [1.807, 2.05) is 23.6 Å². The Balaban J connectivity index is 1.85. The van der Waals surface area contributed by atoms with Crippen molar-refractivity contribution in [3.8, 4) is 0 Å². The first kappa shape index (κ1) is 16.2. The van der Waals surface area contributed by atoms with Gasteiger partial charge in [-0.05, 0) is 31.0 Å². The molecule has 0 N–H and O–H groups in total. The van der Waals surface area contributed by atoms with Gasteiger partial charge in [-0.2, -0.15) is 0 Å². The molecule has 0 aromatic carbocycles. The Hall–Kier alpha value is -2.63. The fraction of sp³-hybridized carbons (Fsp3) is 0.389. The molecular formula is C18H22N4O2. The van der Waals surface area contributed by atoms with Crippen molar-refractivity contribution in [3.63, 3.8) is 0 Å². The third-order valence-electron chi connectivity index (χ3n) is 4.12. The predicted molar refractivity (Wildman–Crippen MR) is 91.6 cm³/mol. The van der Waals surface area contributed by atoms with Gasteiger partial charge in [-0.15, -0.1) is 0 Å². The molecule has 1 unspecified atom stereocenters. The normalized spacial score (nSPS) is 12.7. The zero-order chi connectivity index (χ0) is 17.3. The summed E-state index contributed by atoms with van der Waals surface area (Å²) in [5, 5.41) is 0. The van der Waals surface area contributed by atoms with Crippen molar-refractivity contribution in [2.24, 2.45) is 5.92 Å². The SMILES string of the molecule is CC(C)Cn1cnc2cc(C(=O)N(C)C(C)c3ccco3)cnc21. The van der Waals surface area contributed by atoms with E-state index >= 15 is 0 Å². The van der Waals surface area contributed by atoms with E-state index in [1.165, 1.54) is 0 Å². The van der Waals surface area contributed by atoms with Crippen LogP contribution < -0.4 is 0 Å². The molecule has 126 valence electrons. The molecule has 0 saturated carbocycles. The standard InChI is InChI=1S/C18H22N4O2/c1-12(2)10-22-11-20-15-8-14(9-19-17(15)22)18(23)21(4)13(3)16-6-5-7-24-16/h5-9,11-13H,10H2,1-4H3. The van der Waals surface area contributed by atoms with Gasteiger partial charge >= 0.3 is 0 Å². The quantitative estimate of drug-likeness (QED) is 0.719. The number of pyridine rings is 1. The second-order valence-electron chi connectivity index (χ2n) is 6.46. The van der Waals surface area contributed by atoms with Gasteiger partial charge in [0.15, 0.2) is 5.65 Å². The van der Waals surface area contributed by atoms with E-state index in [0.717, 1.165) is 23.5 Å². The second-order valence-corrected chi connectivity index (χ2v) is 6.46. The molecule has 0 radical (unpaired) electrons. The first-order chi connectivity index (χ1) is 11.5. The predicted octanol–water partition coefficient (Wildman–Crippen LogP) is 3.51. The highest BCUT2D eigenvalue weighted by Gasteiger charge is 2.21. The Bertz CT molecular complexity index is 836. The lowest BCUT2D eigenvalue weighted by molar-refractivity contribution is 0.0726. The summed E-state index contributed by atoms with van der Waals surface area (Å²) >= 11 is 0. The highest BCUT2D eigenvalue weighted by Crippen LogP contribution is 2.22. The van der Waals surface area contributed by atoms with E-state index in [0.29, 0.717) is 11.5 Å². The number of imidazole rings is 1. The summed E-state index contributed by atoms with van der Waals surface area (Å²) in [6.07, 6.45) is 5.01. The minimum Gasteiger partial charge on any atom is -0.467 e. The van der Waals surface area contributed by atoms with Crippen LogP contribution in [0.1, 0.15) is 42.9 Å². The third-order valence-corrected chi connectivity index (χ3v) is 4.12. The number of nitrogens with zero attached hydrogens (tertiary/aromatic N) is 4. The highest BCUT2D eigenvalue weighted by molar-refractivity contribution is 5.96. The molecule has 24 heavy (non-hydrogen) atoms. The summed E-state index contributed by atoms with van der Waals surface area (Å²) in [5.41, 5.74) is 2.07. The molecule has 3 heterocycles. The molecule has 1 amide bonds. The van der Waals surface area contributed by atoms with Gasteiger partial charge < -0.3 is 13.9 Å². The zero-order valence-corrected chi connectivity index (χ0v) is 14.4. The molecule has 3 rings (SSSR count). The van der Waals surface area contributed by atoms with Gasteiger partial charge in [0.2, 0.25) is 0 Å². The third kappa shape index (κ3) is 3.04. The van der Waals surface area contributed by atoms with Crippen molar-refractivity contribution in [1.29, 1.82) is 0 Å². The van der Waals surface area contributed by atoms with Crippen molar-refractivity contribution < 1.29 is 9.21 Å². The number of fused-ring (bicyclic) bond motifs is 1. The van der Waals surface area contributed by atoms with Crippen LogP contribution in [-0.2, 0) is 6.54 Å². The molecule has 0 fully saturated rings. The lowest BCUT2D eigenvalue weighted by atomic mass is 10.2. The van der Waals surface area contributed by atoms with Gasteiger partial charge in [-0.3, -0.25) is 4.79 Å². The van der Waals surface area contributed by atoms with Crippen molar-refractivity contribution >= 4 is 17.1 Å². The number of hydrogen-bond donors (Lipinski definition) is 0. The molecule has 6 heteroatoms. The maximum absolute atomic E-state index is 12.7. The Labute approximate surface area is 141 Å². The van der Waals surface area contributed by atoms with Crippen LogP contribution >= 0.6 is 0 Å². The number of carbonyl (C=O) groups is 1. The van der Waals surface area contributed by atoms with Gasteiger partial charge in [0, 0.05) is 19.8 Å². The molecular weight excluding hydrogens is 304 g/mol. The van der Waals surface area contributed by atoms with E-state index in [2.05, 4.69) is 23.8 Å². The Morgan fingerprint density at radius 3 is 2.79 bits per heavy atom. The summed E-state index contributed by atoms with van der Waals surface area (Å²) in [4.78, 5) is 23.2. The van der Waals surface area contributed by atoms with Crippen molar-refractivity contribution in [2.45, 2.75) is 33.4 Å². The van der Waals surface area contributed by atoms with Gasteiger partial charge in [-0.25, -0.2) is 9.97 Å². The van der Waals surface area contributed by atoms with Crippen LogP contribution in [-0.4, -0.2) is 32.4 Å². The van der Waals surface area contributed by atoms with Crippen molar-refractivity contribution in [2.75, 3.05) is 7.05 Å². The summed E-state index contributed by atoms with van der Waals surface area (Å²) in [7, 11) is 1.76. The summed E-state index contributed by atoms with van der Waals surface area (Å²) in [6.45, 7) is 7.08. The fourth-order valence-corrected chi connectivity index (χ4v) is 2.69. The Kier molecular flexibility index (Phi) is 4.38. The molecule has 1 atom stereocenters. The minimum absolute atomic E-state index is 0.105. The second kappa shape index (κ2) is 6.47. The van der Waals surface area contributed by atoms with Gasteiger partial charge in [-0.1, -0.05) is 13.8 Å². The van der Waals surface area contributed by atoms with Crippen LogP contribution in [0.2, 0.25) is 0 Å². The minimum atomic E-state index is -0.151. The van der Waals surface area contributed by atoms with Crippen LogP contribution in [0.15, 0.2) is 41.4 Å². The van der Waals surface area contributed by atoms with Crippen molar-refractivity contribution in [1.82, 2.24) is 19.4 Å². The molecule has 0 bridgehead atoms. The smallest absolute Gasteiger partial charge is 0.255 e. The largest absolute Gasteiger partial charge is 0.467 e. The highest BCUT2D eigenvalue weighted by atomic mass is 16.3. The number of furan rings is 1. The number of rotatable bonds is 5. The van der Waals surface area contributed by atoms with Gasteiger partial charge in [0.25, 0.3) is 5.91 Å². The number of carbonyl (C=O) groups excluding carboxylic acids is 1. The molecule has 0 aliphatic heterocycles. The first-order valence-electron chi connectivity index (χ1n) is 8.08. The molecule has 0 aliphatic carbocycles. The van der Waals surface area contributed by atoms with E-state index in [1.54, 1.807) is 36.8 Å². The molecule has 0 saturated heterocycles. The summed E-state index contributed by atoms with van der Waals surface area (Å²) in [5.74, 6) is 1.15. The average Bonchev–Trinajstić information content (AvgIpc) is 3.22. The lowest BCUT2D eigenvalue weighted by Crippen LogP contribution is -2.29. The van der Waals surface area contributed by atoms with E-state index < -0.39 is 0 Å². The average molecular weight is 326 g/mol. The van der Waals surface area contributed by atoms with Crippen LogP contribution in [0, 0.1) is 5.92 Å². The number of hydrogen-bond acceptors (Lipinski definition) is 4. The van der Waals surface area contributed by atoms with E-state index in [9.17, 15) is 4.79 Å². The maximum Gasteiger partial charge on any atom is 0.255 e. The molecule has 3 aromatic rings. The van der Waals surface area contributed by atoms with Crippen LogP contribution in [0.4, 0.5) is 0 Å². The van der Waals surface area contributed by atoms with Gasteiger partial charge in [0.1, 0.15) is 11.3 Å². The van der Waals surface area contributed by atoms with E-state index in [-0.39, 0.29) is 11.9 Å². The molecule has 6 nitrogen and oxygen atoms in total. The molecule has 0 spiro atoms. The number of amides is 1.